The van der Waals surface area contributed by atoms with Gasteiger partial charge in [0.2, 0.25) is 0 Å². The van der Waals surface area contributed by atoms with Crippen molar-refractivity contribution in [3.63, 3.8) is 0 Å². The topological polar surface area (TPSA) is 3.24 Å². The third kappa shape index (κ3) is 6.62. The number of hydrogen-bond acceptors (Lipinski definition) is 1. The molecule has 3 rings (SSSR count). The first-order valence-corrected chi connectivity index (χ1v) is 11.6. The summed E-state index contributed by atoms with van der Waals surface area (Å²) in [5.74, 6) is -0.207. The molecule has 0 amide bonds. The van der Waals surface area contributed by atoms with E-state index in [0.29, 0.717) is 43.9 Å². The van der Waals surface area contributed by atoms with Crippen LogP contribution >= 0.6 is 0 Å². The molecule has 0 spiro atoms. The number of halogens is 9. The normalized spacial score (nSPS) is 26.7. The first-order chi connectivity index (χ1) is 16.1. The van der Waals surface area contributed by atoms with Crippen molar-refractivity contribution in [3.8, 4) is 0 Å². The summed E-state index contributed by atoms with van der Waals surface area (Å²) >= 11 is 0. The van der Waals surface area contributed by atoms with Gasteiger partial charge in [-0.05, 0) is 61.3 Å². The fraction of sp³-hybridized carbons (Fsp3) is 0.600. The van der Waals surface area contributed by atoms with Gasteiger partial charge in [-0.25, -0.2) is 0 Å². The largest absolute Gasteiger partial charge is 0.416 e. The minimum atomic E-state index is -4.84. The van der Waals surface area contributed by atoms with E-state index in [1.807, 2.05) is 13.8 Å². The van der Waals surface area contributed by atoms with Crippen molar-refractivity contribution >= 4 is 0 Å². The summed E-state index contributed by atoms with van der Waals surface area (Å²) in [5, 5.41) is 0. The van der Waals surface area contributed by atoms with E-state index in [9.17, 15) is 39.5 Å². The summed E-state index contributed by atoms with van der Waals surface area (Å²) in [6.07, 6.45) is -8.02. The second kappa shape index (κ2) is 10.2. The van der Waals surface area contributed by atoms with Gasteiger partial charge in [0.05, 0.1) is 16.7 Å². The molecule has 1 heterocycles. The van der Waals surface area contributed by atoms with Gasteiger partial charge in [-0.15, -0.1) is 0 Å². The SMILES string of the molecule is CCC[C@@H]1C[C@H](C)C[C@H](C2C=CC(C(F)(F)F)=CC2)N1Cc1cc(C(F)(F)F)ccc1C(F)(F)F. The van der Waals surface area contributed by atoms with Crippen molar-refractivity contribution in [2.24, 2.45) is 11.8 Å². The molecule has 0 saturated carbocycles. The van der Waals surface area contributed by atoms with Crippen LogP contribution in [0.3, 0.4) is 0 Å². The molecule has 1 saturated heterocycles. The van der Waals surface area contributed by atoms with E-state index >= 15 is 0 Å². The van der Waals surface area contributed by atoms with E-state index in [4.69, 9.17) is 0 Å². The molecule has 0 bridgehead atoms. The Bertz CT molecular complexity index is 940. The van der Waals surface area contributed by atoms with Crippen LogP contribution in [0, 0.1) is 11.8 Å². The average molecular weight is 513 g/mol. The Balaban J connectivity index is 2.00. The summed E-state index contributed by atoms with van der Waals surface area (Å²) in [6, 6.07) is 0.866. The minimum absolute atomic E-state index is 0.0623. The van der Waals surface area contributed by atoms with Crippen LogP contribution in [0.25, 0.3) is 0 Å². The predicted octanol–water partition coefficient (Wildman–Crippen LogP) is 8.56. The Morgan fingerprint density at radius 3 is 2.11 bits per heavy atom. The Morgan fingerprint density at radius 2 is 1.60 bits per heavy atom. The van der Waals surface area contributed by atoms with Crippen molar-refractivity contribution in [2.75, 3.05) is 0 Å². The molecule has 0 radical (unpaired) electrons. The number of rotatable bonds is 5. The van der Waals surface area contributed by atoms with Gasteiger partial charge in [-0.2, -0.15) is 39.5 Å². The molecule has 196 valence electrons. The van der Waals surface area contributed by atoms with Crippen LogP contribution < -0.4 is 0 Å². The monoisotopic (exact) mass is 513 g/mol. The lowest BCUT2D eigenvalue weighted by Crippen LogP contribution is -2.51. The van der Waals surface area contributed by atoms with Crippen molar-refractivity contribution in [3.05, 3.63) is 58.7 Å². The van der Waals surface area contributed by atoms with Gasteiger partial charge < -0.3 is 0 Å². The highest BCUT2D eigenvalue weighted by Crippen LogP contribution is 2.42. The van der Waals surface area contributed by atoms with Crippen LogP contribution in [-0.4, -0.2) is 23.2 Å². The molecule has 1 aliphatic carbocycles. The van der Waals surface area contributed by atoms with Crippen LogP contribution in [0.1, 0.15) is 62.6 Å². The molecule has 1 aromatic carbocycles. The number of allylic oxidation sites excluding steroid dienone is 3. The van der Waals surface area contributed by atoms with E-state index in [1.54, 1.807) is 4.90 Å². The Kier molecular flexibility index (Phi) is 8.04. The molecule has 1 nitrogen and oxygen atoms in total. The highest BCUT2D eigenvalue weighted by atomic mass is 19.4. The number of hydrogen-bond donors (Lipinski definition) is 0. The van der Waals surface area contributed by atoms with Gasteiger partial charge in [0, 0.05) is 18.6 Å². The van der Waals surface area contributed by atoms with E-state index < -0.39 is 46.8 Å². The summed E-state index contributed by atoms with van der Waals surface area (Å²) in [5.41, 5.74) is -3.54. The van der Waals surface area contributed by atoms with E-state index in [2.05, 4.69) is 0 Å². The molecule has 1 fully saturated rings. The van der Waals surface area contributed by atoms with Crippen LogP contribution in [0.4, 0.5) is 39.5 Å². The van der Waals surface area contributed by atoms with Crippen LogP contribution in [0.5, 0.6) is 0 Å². The van der Waals surface area contributed by atoms with Gasteiger partial charge >= 0.3 is 18.5 Å². The van der Waals surface area contributed by atoms with Crippen molar-refractivity contribution in [2.45, 2.75) is 83.1 Å². The van der Waals surface area contributed by atoms with Crippen molar-refractivity contribution < 1.29 is 39.5 Å². The molecule has 0 N–H and O–H groups in total. The average Bonchev–Trinajstić information content (AvgIpc) is 2.73. The van der Waals surface area contributed by atoms with Gasteiger partial charge in [-0.3, -0.25) is 4.90 Å². The first kappa shape index (κ1) is 27.6. The lowest BCUT2D eigenvalue weighted by atomic mass is 9.77. The lowest BCUT2D eigenvalue weighted by Gasteiger charge is -2.48. The third-order valence-corrected chi connectivity index (χ3v) is 6.88. The maximum Gasteiger partial charge on any atom is 0.416 e. The fourth-order valence-electron chi connectivity index (χ4n) is 5.31. The molecule has 1 aromatic rings. The summed E-state index contributed by atoms with van der Waals surface area (Å²) in [6.45, 7) is 3.54. The number of benzene rings is 1. The molecular weight excluding hydrogens is 485 g/mol. The van der Waals surface area contributed by atoms with Gasteiger partial charge in [0.25, 0.3) is 0 Å². The zero-order valence-electron chi connectivity index (χ0n) is 19.4. The Labute approximate surface area is 198 Å². The van der Waals surface area contributed by atoms with E-state index in [1.165, 1.54) is 6.08 Å². The third-order valence-electron chi connectivity index (χ3n) is 6.88. The molecule has 1 aliphatic heterocycles. The molecule has 0 aromatic heterocycles. The second-order valence-electron chi connectivity index (χ2n) is 9.54. The second-order valence-corrected chi connectivity index (χ2v) is 9.54. The van der Waals surface area contributed by atoms with Crippen molar-refractivity contribution in [1.82, 2.24) is 4.90 Å². The molecule has 35 heavy (non-hydrogen) atoms. The number of piperidine rings is 1. The molecular formula is C25H28F9N. The highest BCUT2D eigenvalue weighted by Gasteiger charge is 2.42. The highest BCUT2D eigenvalue weighted by molar-refractivity contribution is 5.36. The first-order valence-electron chi connectivity index (χ1n) is 11.6. The van der Waals surface area contributed by atoms with Crippen LogP contribution in [-0.2, 0) is 18.9 Å². The molecule has 1 unspecified atom stereocenters. The van der Waals surface area contributed by atoms with E-state index in [-0.39, 0.29) is 30.8 Å². The standard InChI is InChI=1S/C25H28F9N/c1-3-4-20-11-15(2)12-22(16-5-7-18(8-6-16)23(26,27)28)35(20)14-17-13-19(24(29,30)31)9-10-21(17)25(32,33)34/h5,7-10,13,15-16,20,22H,3-4,6,11-12,14H2,1-2H3/t15-,16?,20+,22+/m0/s1. The van der Waals surface area contributed by atoms with Gasteiger partial charge in [-0.1, -0.05) is 38.5 Å². The number of likely N-dealkylation sites (tertiary alicyclic amines) is 1. The summed E-state index contributed by atoms with van der Waals surface area (Å²) in [4.78, 5) is 1.80. The molecule has 4 atom stereocenters. The summed E-state index contributed by atoms with van der Waals surface area (Å²) in [7, 11) is 0. The number of alkyl halides is 9. The predicted molar refractivity (Wildman–Crippen MR) is 114 cm³/mol. The lowest BCUT2D eigenvalue weighted by molar-refractivity contribution is -0.142. The van der Waals surface area contributed by atoms with Gasteiger partial charge in [0.15, 0.2) is 0 Å². The Hall–Kier alpha value is -1.97. The fourth-order valence-corrected chi connectivity index (χ4v) is 5.31. The maximum atomic E-state index is 13.7. The zero-order valence-corrected chi connectivity index (χ0v) is 19.4. The maximum absolute atomic E-state index is 13.7. The van der Waals surface area contributed by atoms with E-state index in [0.717, 1.165) is 12.2 Å². The Morgan fingerprint density at radius 1 is 0.914 bits per heavy atom. The minimum Gasteiger partial charge on any atom is -0.293 e. The molecule has 2 aliphatic rings. The number of nitrogens with zero attached hydrogens (tertiary/aromatic N) is 1. The quantitative estimate of drug-likeness (QED) is 0.357. The van der Waals surface area contributed by atoms with Crippen LogP contribution in [0.2, 0.25) is 0 Å². The molecule has 10 heteroatoms. The smallest absolute Gasteiger partial charge is 0.293 e. The van der Waals surface area contributed by atoms with Crippen LogP contribution in [0.15, 0.2) is 42.0 Å². The van der Waals surface area contributed by atoms with Crippen molar-refractivity contribution in [1.29, 1.82) is 0 Å². The zero-order chi connectivity index (χ0) is 26.2. The van der Waals surface area contributed by atoms with Gasteiger partial charge in [0.1, 0.15) is 0 Å². The summed E-state index contributed by atoms with van der Waals surface area (Å²) < 4.78 is 120.